The number of nitrogens with zero attached hydrogens (tertiary/aromatic N) is 2. The summed E-state index contributed by atoms with van der Waals surface area (Å²) >= 11 is 4.28. The number of carbonyl (C=O) groups is 1. The molecule has 2 unspecified atom stereocenters. The zero-order valence-electron chi connectivity index (χ0n) is 7.77. The number of thiol groups is 1. The molecule has 0 aromatic carbocycles. The van der Waals surface area contributed by atoms with E-state index in [0.717, 1.165) is 0 Å². The van der Waals surface area contributed by atoms with Crippen molar-refractivity contribution in [3.63, 3.8) is 0 Å². The van der Waals surface area contributed by atoms with E-state index in [1.165, 1.54) is 0 Å². The van der Waals surface area contributed by atoms with Gasteiger partial charge in [0.15, 0.2) is 0 Å². The minimum absolute atomic E-state index is 0.0243. The molecule has 6 heteroatoms. The minimum Gasteiger partial charge on any atom is -0.481 e. The lowest BCUT2D eigenvalue weighted by Gasteiger charge is -2.23. The number of rotatable bonds is 3. The lowest BCUT2D eigenvalue weighted by molar-refractivity contribution is -0.137. The van der Waals surface area contributed by atoms with Crippen molar-refractivity contribution in [1.82, 2.24) is 15.3 Å². The van der Waals surface area contributed by atoms with E-state index in [4.69, 9.17) is 5.11 Å². The maximum Gasteiger partial charge on any atom is 0.303 e. The minimum atomic E-state index is -0.760. The molecule has 0 amide bonds. The lowest BCUT2D eigenvalue weighted by Crippen LogP contribution is -2.37. The second kappa shape index (κ2) is 4.28. The van der Waals surface area contributed by atoms with Crippen molar-refractivity contribution >= 4 is 18.6 Å². The van der Waals surface area contributed by atoms with Gasteiger partial charge in [0.1, 0.15) is 5.50 Å². The smallest absolute Gasteiger partial charge is 0.303 e. The van der Waals surface area contributed by atoms with Crippen molar-refractivity contribution in [2.45, 2.75) is 24.5 Å². The van der Waals surface area contributed by atoms with Crippen molar-refractivity contribution in [3.8, 4) is 0 Å². The molecule has 0 aromatic rings. The molecule has 0 aliphatic carbocycles. The average Bonchev–Trinajstić information content (AvgIpc) is 2.24. The summed E-state index contributed by atoms with van der Waals surface area (Å²) in [6, 6.07) is 0. The highest BCUT2D eigenvalue weighted by Crippen LogP contribution is 2.18. The Bertz CT molecular complexity index is 202. The summed E-state index contributed by atoms with van der Waals surface area (Å²) in [5.74, 6) is -0.760. The highest BCUT2D eigenvalue weighted by Gasteiger charge is 2.32. The van der Waals surface area contributed by atoms with E-state index in [-0.39, 0.29) is 18.1 Å². The standard InChI is InChI=1S/C7H15N3O2S/c1-9-5(3-4-6(11)12)10(2)8-7(9)13/h5,7-8,13H,3-4H2,1-2H3,(H,11,12). The van der Waals surface area contributed by atoms with Crippen LogP contribution in [-0.2, 0) is 4.79 Å². The molecule has 0 aromatic heterocycles. The van der Waals surface area contributed by atoms with Crippen molar-refractivity contribution in [2.24, 2.45) is 0 Å². The number of aliphatic carboxylic acids is 1. The molecule has 0 saturated carbocycles. The van der Waals surface area contributed by atoms with Crippen LogP contribution < -0.4 is 5.43 Å². The summed E-state index contributed by atoms with van der Waals surface area (Å²) < 4.78 is 0. The van der Waals surface area contributed by atoms with Crippen LogP contribution in [0.15, 0.2) is 0 Å². The number of nitrogens with one attached hydrogen (secondary N) is 1. The van der Waals surface area contributed by atoms with Gasteiger partial charge >= 0.3 is 5.97 Å². The maximum atomic E-state index is 10.4. The van der Waals surface area contributed by atoms with E-state index < -0.39 is 5.97 Å². The molecule has 0 bridgehead atoms. The Morgan fingerprint density at radius 3 is 2.62 bits per heavy atom. The molecule has 1 aliphatic heterocycles. The van der Waals surface area contributed by atoms with Crippen molar-refractivity contribution < 1.29 is 9.90 Å². The molecular weight excluding hydrogens is 190 g/mol. The molecule has 1 saturated heterocycles. The molecule has 1 heterocycles. The van der Waals surface area contributed by atoms with Crippen LogP contribution in [0.4, 0.5) is 0 Å². The Hall–Kier alpha value is -0.300. The molecule has 0 spiro atoms. The largest absolute Gasteiger partial charge is 0.481 e. The first-order chi connectivity index (χ1) is 6.02. The van der Waals surface area contributed by atoms with Gasteiger partial charge in [-0.15, -0.1) is 12.6 Å². The zero-order chi connectivity index (χ0) is 10.0. The van der Waals surface area contributed by atoms with Crippen LogP contribution in [0.25, 0.3) is 0 Å². The summed E-state index contributed by atoms with van der Waals surface area (Å²) in [7, 11) is 3.81. The van der Waals surface area contributed by atoms with Gasteiger partial charge in [-0.3, -0.25) is 9.69 Å². The first-order valence-corrected chi connectivity index (χ1v) is 4.65. The first kappa shape index (κ1) is 10.8. The number of carboxylic acid groups (broad SMARTS) is 1. The fourth-order valence-corrected chi connectivity index (χ4v) is 1.78. The molecule has 1 rings (SSSR count). The van der Waals surface area contributed by atoms with Gasteiger partial charge in [0, 0.05) is 13.5 Å². The Morgan fingerprint density at radius 2 is 2.23 bits per heavy atom. The quantitative estimate of drug-likeness (QED) is 0.556. The van der Waals surface area contributed by atoms with Gasteiger partial charge in [-0.1, -0.05) is 0 Å². The van der Waals surface area contributed by atoms with Gasteiger partial charge in [0.2, 0.25) is 0 Å². The van der Waals surface area contributed by atoms with Gasteiger partial charge in [0.25, 0.3) is 0 Å². The van der Waals surface area contributed by atoms with Gasteiger partial charge < -0.3 is 5.11 Å². The molecule has 76 valence electrons. The van der Waals surface area contributed by atoms with E-state index in [1.807, 2.05) is 24.0 Å². The van der Waals surface area contributed by atoms with Crippen molar-refractivity contribution in [2.75, 3.05) is 14.1 Å². The van der Waals surface area contributed by atoms with Crippen LogP contribution in [0.2, 0.25) is 0 Å². The van der Waals surface area contributed by atoms with E-state index in [9.17, 15) is 4.79 Å². The van der Waals surface area contributed by atoms with Gasteiger partial charge in [0.05, 0.1) is 6.17 Å². The number of hydrogen-bond donors (Lipinski definition) is 3. The van der Waals surface area contributed by atoms with Gasteiger partial charge in [-0.05, 0) is 13.5 Å². The first-order valence-electron chi connectivity index (χ1n) is 4.13. The predicted molar refractivity (Wildman–Crippen MR) is 52.1 cm³/mol. The lowest BCUT2D eigenvalue weighted by atomic mass is 10.2. The third-order valence-electron chi connectivity index (χ3n) is 2.24. The topological polar surface area (TPSA) is 55.8 Å². The second-order valence-electron chi connectivity index (χ2n) is 3.19. The second-order valence-corrected chi connectivity index (χ2v) is 3.68. The Morgan fingerprint density at radius 1 is 1.62 bits per heavy atom. The Labute approximate surface area is 83.1 Å². The highest BCUT2D eigenvalue weighted by molar-refractivity contribution is 7.80. The predicted octanol–water partition coefficient (Wildman–Crippen LogP) is -0.228. The molecule has 13 heavy (non-hydrogen) atoms. The SMILES string of the molecule is CN1NC(S)N(C)C1CCC(=O)O. The average molecular weight is 205 g/mol. The van der Waals surface area contributed by atoms with Crippen LogP contribution in [-0.4, -0.2) is 46.7 Å². The molecule has 5 nitrogen and oxygen atoms in total. The van der Waals surface area contributed by atoms with Gasteiger partial charge in [-0.25, -0.2) is 10.4 Å². The Balaban J connectivity index is 2.44. The van der Waals surface area contributed by atoms with Crippen molar-refractivity contribution in [3.05, 3.63) is 0 Å². The summed E-state index contributed by atoms with van der Waals surface area (Å²) in [6.45, 7) is 0. The Kier molecular flexibility index (Phi) is 3.55. The van der Waals surface area contributed by atoms with Crippen LogP contribution in [0.3, 0.4) is 0 Å². The fraction of sp³-hybridized carbons (Fsp3) is 0.857. The normalized spacial score (nSPS) is 31.0. The maximum absolute atomic E-state index is 10.4. The third kappa shape index (κ3) is 2.57. The van der Waals surface area contributed by atoms with Crippen molar-refractivity contribution in [1.29, 1.82) is 0 Å². The molecular formula is C7H15N3O2S. The van der Waals surface area contributed by atoms with Crippen LogP contribution in [0.5, 0.6) is 0 Å². The molecule has 1 fully saturated rings. The molecule has 2 atom stereocenters. The number of hydrogen-bond acceptors (Lipinski definition) is 5. The van der Waals surface area contributed by atoms with E-state index >= 15 is 0 Å². The summed E-state index contributed by atoms with van der Waals surface area (Å²) in [6.07, 6.45) is 0.895. The molecule has 1 aliphatic rings. The van der Waals surface area contributed by atoms with E-state index in [1.54, 1.807) is 0 Å². The van der Waals surface area contributed by atoms with Crippen LogP contribution >= 0.6 is 12.6 Å². The van der Waals surface area contributed by atoms with Crippen LogP contribution in [0, 0.1) is 0 Å². The molecule has 0 radical (unpaired) electrons. The number of hydrazine groups is 1. The number of carboxylic acids is 1. The summed E-state index contributed by atoms with van der Waals surface area (Å²) in [5, 5.41) is 10.4. The highest BCUT2D eigenvalue weighted by atomic mass is 32.1. The zero-order valence-corrected chi connectivity index (χ0v) is 8.66. The monoisotopic (exact) mass is 205 g/mol. The van der Waals surface area contributed by atoms with Gasteiger partial charge in [-0.2, -0.15) is 0 Å². The van der Waals surface area contributed by atoms with E-state index in [0.29, 0.717) is 6.42 Å². The van der Waals surface area contributed by atoms with E-state index in [2.05, 4.69) is 18.1 Å². The third-order valence-corrected chi connectivity index (χ3v) is 2.72. The fourth-order valence-electron chi connectivity index (χ4n) is 1.45. The summed E-state index contributed by atoms with van der Waals surface area (Å²) in [5.41, 5.74) is 3.05. The van der Waals surface area contributed by atoms with Crippen LogP contribution in [0.1, 0.15) is 12.8 Å². The summed E-state index contributed by atoms with van der Waals surface area (Å²) in [4.78, 5) is 12.4. The molecule has 2 N–H and O–H groups in total.